The van der Waals surface area contributed by atoms with Crippen LogP contribution >= 0.6 is 0 Å². The van der Waals surface area contributed by atoms with Crippen LogP contribution in [0.3, 0.4) is 0 Å². The highest BCUT2D eigenvalue weighted by molar-refractivity contribution is 5.07. The molecule has 0 aliphatic heterocycles. The highest BCUT2D eigenvalue weighted by atomic mass is 19.4. The van der Waals surface area contributed by atoms with E-state index in [1.807, 2.05) is 20.8 Å². The average molecular weight is 280 g/mol. The Labute approximate surface area is 110 Å². The van der Waals surface area contributed by atoms with Gasteiger partial charge in [-0.05, 0) is 20.8 Å². The Morgan fingerprint density at radius 1 is 1.32 bits per heavy atom. The number of nitrogens with one attached hydrogen (secondary N) is 1. The van der Waals surface area contributed by atoms with Crippen molar-refractivity contribution in [3.05, 3.63) is 17.8 Å². The lowest BCUT2D eigenvalue weighted by atomic mass is 10.1. The molecule has 0 fully saturated rings. The summed E-state index contributed by atoms with van der Waals surface area (Å²) in [5.74, 6) is 0.555. The second-order valence-corrected chi connectivity index (χ2v) is 5.24. The van der Waals surface area contributed by atoms with E-state index in [9.17, 15) is 13.2 Å². The maximum atomic E-state index is 11.9. The van der Waals surface area contributed by atoms with Crippen LogP contribution in [0, 0.1) is 0 Å². The molecule has 0 aliphatic carbocycles. The molecule has 0 atom stereocenters. The van der Waals surface area contributed by atoms with Crippen LogP contribution < -0.4 is 5.32 Å². The van der Waals surface area contributed by atoms with Crippen LogP contribution in [-0.4, -0.2) is 29.9 Å². The number of ether oxygens (including phenoxy) is 1. The van der Waals surface area contributed by atoms with Crippen molar-refractivity contribution in [1.82, 2.24) is 10.3 Å². The molecule has 1 N–H and O–H groups in total. The van der Waals surface area contributed by atoms with Crippen molar-refractivity contribution in [2.45, 2.75) is 45.5 Å². The van der Waals surface area contributed by atoms with E-state index in [4.69, 9.17) is 4.42 Å². The van der Waals surface area contributed by atoms with Crippen LogP contribution in [0.15, 0.2) is 10.8 Å². The van der Waals surface area contributed by atoms with E-state index in [0.717, 1.165) is 0 Å². The molecule has 1 rings (SSSR count). The van der Waals surface area contributed by atoms with Gasteiger partial charge in [0.1, 0.15) is 12.4 Å². The molecule has 0 radical (unpaired) electrons. The lowest BCUT2D eigenvalue weighted by Crippen LogP contribution is -2.35. The van der Waals surface area contributed by atoms with Gasteiger partial charge in [-0.2, -0.15) is 13.2 Å². The van der Waals surface area contributed by atoms with Crippen LogP contribution in [0.2, 0.25) is 0 Å². The summed E-state index contributed by atoms with van der Waals surface area (Å²) in [7, 11) is 0. The van der Waals surface area contributed by atoms with Crippen LogP contribution in [-0.2, 0) is 17.7 Å². The Morgan fingerprint density at radius 2 is 2.00 bits per heavy atom. The molecule has 0 amide bonds. The number of hydrogen-bond donors (Lipinski definition) is 1. The van der Waals surface area contributed by atoms with Crippen LogP contribution in [0.1, 0.15) is 32.2 Å². The van der Waals surface area contributed by atoms with Gasteiger partial charge in [0, 0.05) is 18.5 Å². The quantitative estimate of drug-likeness (QED) is 0.814. The number of halogens is 3. The summed E-state index contributed by atoms with van der Waals surface area (Å²) in [6, 6.07) is 0. The third-order valence-corrected chi connectivity index (χ3v) is 2.25. The second kappa shape index (κ2) is 6.38. The number of aromatic nitrogens is 1. The first-order valence-electron chi connectivity index (χ1n) is 5.98. The molecule has 1 aromatic heterocycles. The first-order valence-corrected chi connectivity index (χ1v) is 5.98. The molecule has 1 heterocycles. The number of oxazole rings is 1. The zero-order chi connectivity index (χ0) is 14.5. The summed E-state index contributed by atoms with van der Waals surface area (Å²) >= 11 is 0. The van der Waals surface area contributed by atoms with Gasteiger partial charge in [0.25, 0.3) is 0 Å². The molecule has 0 bridgehead atoms. The summed E-state index contributed by atoms with van der Waals surface area (Å²) in [5, 5.41) is 3.24. The molecule has 0 saturated heterocycles. The van der Waals surface area contributed by atoms with E-state index in [1.165, 1.54) is 6.39 Å². The molecule has 4 nitrogen and oxygen atoms in total. The maximum Gasteiger partial charge on any atom is 0.411 e. The monoisotopic (exact) mass is 280 g/mol. The summed E-state index contributed by atoms with van der Waals surface area (Å²) in [6.07, 6.45) is -2.73. The van der Waals surface area contributed by atoms with Gasteiger partial charge in [-0.15, -0.1) is 0 Å². The van der Waals surface area contributed by atoms with Crippen molar-refractivity contribution in [2.24, 2.45) is 0 Å². The van der Waals surface area contributed by atoms with Crippen molar-refractivity contribution >= 4 is 0 Å². The predicted octanol–water partition coefficient (Wildman–Crippen LogP) is 2.68. The van der Waals surface area contributed by atoms with E-state index in [1.54, 1.807) is 0 Å². The zero-order valence-corrected chi connectivity index (χ0v) is 11.3. The minimum Gasteiger partial charge on any atom is -0.448 e. The van der Waals surface area contributed by atoms with E-state index < -0.39 is 12.8 Å². The lowest BCUT2D eigenvalue weighted by Gasteiger charge is -2.19. The van der Waals surface area contributed by atoms with Gasteiger partial charge in [0.05, 0.1) is 12.3 Å². The van der Waals surface area contributed by atoms with Crippen molar-refractivity contribution in [1.29, 1.82) is 0 Å². The average Bonchev–Trinajstić information content (AvgIpc) is 2.66. The van der Waals surface area contributed by atoms with Crippen molar-refractivity contribution in [3.8, 4) is 0 Å². The van der Waals surface area contributed by atoms with Crippen LogP contribution in [0.5, 0.6) is 0 Å². The molecule has 0 saturated carbocycles. The molecule has 19 heavy (non-hydrogen) atoms. The number of rotatable bonds is 6. The smallest absolute Gasteiger partial charge is 0.411 e. The molecule has 0 unspecified atom stereocenters. The molecule has 0 spiro atoms. The Balaban J connectivity index is 2.37. The minimum atomic E-state index is -4.29. The zero-order valence-electron chi connectivity index (χ0n) is 11.3. The molecule has 0 aromatic carbocycles. The van der Waals surface area contributed by atoms with E-state index >= 15 is 0 Å². The van der Waals surface area contributed by atoms with E-state index in [-0.39, 0.29) is 18.6 Å². The molecule has 110 valence electrons. The molecule has 7 heteroatoms. The predicted molar refractivity (Wildman–Crippen MR) is 63.7 cm³/mol. The Morgan fingerprint density at radius 3 is 2.58 bits per heavy atom. The van der Waals surface area contributed by atoms with Crippen molar-refractivity contribution < 1.29 is 22.3 Å². The maximum absolute atomic E-state index is 11.9. The van der Waals surface area contributed by atoms with E-state index in [0.29, 0.717) is 18.0 Å². The van der Waals surface area contributed by atoms with Crippen molar-refractivity contribution in [2.75, 3.05) is 13.2 Å². The topological polar surface area (TPSA) is 47.3 Å². The Bertz CT molecular complexity index is 383. The second-order valence-electron chi connectivity index (χ2n) is 5.24. The highest BCUT2D eigenvalue weighted by Gasteiger charge is 2.27. The molecule has 0 aliphatic rings. The fourth-order valence-corrected chi connectivity index (χ4v) is 1.34. The van der Waals surface area contributed by atoms with Gasteiger partial charge in [0.15, 0.2) is 6.39 Å². The van der Waals surface area contributed by atoms with E-state index in [2.05, 4.69) is 15.0 Å². The van der Waals surface area contributed by atoms with Crippen LogP contribution in [0.25, 0.3) is 0 Å². The highest BCUT2D eigenvalue weighted by Crippen LogP contribution is 2.15. The molecule has 1 aromatic rings. The van der Waals surface area contributed by atoms with Gasteiger partial charge in [-0.1, -0.05) is 0 Å². The van der Waals surface area contributed by atoms with Crippen LogP contribution in [0.4, 0.5) is 13.2 Å². The summed E-state index contributed by atoms with van der Waals surface area (Å²) in [5.41, 5.74) is 0.633. The first kappa shape index (κ1) is 16.0. The third kappa shape index (κ3) is 7.17. The number of nitrogens with zero attached hydrogens (tertiary/aromatic N) is 1. The largest absolute Gasteiger partial charge is 0.448 e. The van der Waals surface area contributed by atoms with Gasteiger partial charge in [-0.25, -0.2) is 4.98 Å². The minimum absolute atomic E-state index is 0.0444. The fourth-order valence-electron chi connectivity index (χ4n) is 1.34. The standard InChI is InChI=1S/C12H19F3N2O2/c1-11(2,3)17-6-9-10(19-8-16-9)4-5-18-7-12(13,14)15/h8,17H,4-7H2,1-3H3. The third-order valence-electron chi connectivity index (χ3n) is 2.25. The molecular formula is C12H19F3N2O2. The SMILES string of the molecule is CC(C)(C)NCc1ncoc1CCOCC(F)(F)F. The summed E-state index contributed by atoms with van der Waals surface area (Å²) in [4.78, 5) is 4.04. The molecular weight excluding hydrogens is 261 g/mol. The van der Waals surface area contributed by atoms with Gasteiger partial charge in [-0.3, -0.25) is 0 Å². The summed E-state index contributed by atoms with van der Waals surface area (Å²) in [6.45, 7) is 5.26. The van der Waals surface area contributed by atoms with Gasteiger partial charge in [0.2, 0.25) is 0 Å². The fraction of sp³-hybridized carbons (Fsp3) is 0.750. The first-order chi connectivity index (χ1) is 8.67. The van der Waals surface area contributed by atoms with Crippen molar-refractivity contribution in [3.63, 3.8) is 0 Å². The summed E-state index contributed by atoms with van der Waals surface area (Å²) < 4.78 is 45.3. The number of alkyl halides is 3. The van der Waals surface area contributed by atoms with Gasteiger partial charge >= 0.3 is 6.18 Å². The Hall–Kier alpha value is -1.08. The number of hydrogen-bond acceptors (Lipinski definition) is 4. The Kier molecular flexibility index (Phi) is 5.37. The lowest BCUT2D eigenvalue weighted by molar-refractivity contribution is -0.173. The van der Waals surface area contributed by atoms with Gasteiger partial charge < -0.3 is 14.5 Å². The normalized spacial score (nSPS) is 12.9.